The molecule has 0 spiro atoms. The van der Waals surface area contributed by atoms with Gasteiger partial charge in [0.1, 0.15) is 11.9 Å². The summed E-state index contributed by atoms with van der Waals surface area (Å²) in [5.74, 6) is 0.864. The number of thioether (sulfide) groups is 1. The Labute approximate surface area is 124 Å². The Hall–Kier alpha value is -0.850. The molecule has 0 fully saturated rings. The molecule has 0 unspecified atom stereocenters. The smallest absolute Gasteiger partial charge is 0.324 e. The summed E-state index contributed by atoms with van der Waals surface area (Å²) in [4.78, 5) is 18.7. The highest BCUT2D eigenvalue weighted by molar-refractivity contribution is 8.00. The Morgan fingerprint density at radius 1 is 1.58 bits per heavy atom. The topological polar surface area (TPSA) is 39.2 Å². The highest BCUT2D eigenvalue weighted by atomic mass is 32.2. The molecular weight excluding hydrogens is 298 g/mol. The van der Waals surface area contributed by atoms with Crippen LogP contribution in [-0.2, 0) is 22.6 Å². The fourth-order valence-corrected chi connectivity index (χ4v) is 5.03. The number of fused-ring (bicyclic) bond motifs is 1. The van der Waals surface area contributed by atoms with E-state index in [9.17, 15) is 4.79 Å². The van der Waals surface area contributed by atoms with Crippen molar-refractivity contribution in [2.45, 2.75) is 25.2 Å². The molecule has 0 aliphatic carbocycles. The van der Waals surface area contributed by atoms with E-state index < -0.39 is 0 Å². The van der Waals surface area contributed by atoms with Gasteiger partial charge in [0.15, 0.2) is 0 Å². The lowest BCUT2D eigenvalue weighted by Gasteiger charge is -2.20. The lowest BCUT2D eigenvalue weighted by molar-refractivity contribution is -0.144. The number of carbonyl (C=O) groups is 1. The van der Waals surface area contributed by atoms with Crippen LogP contribution in [0.25, 0.3) is 0 Å². The van der Waals surface area contributed by atoms with Gasteiger partial charge in [0.05, 0.1) is 9.88 Å². The fourth-order valence-electron chi connectivity index (χ4n) is 2.03. The van der Waals surface area contributed by atoms with Crippen LogP contribution >= 0.6 is 34.4 Å². The number of carbonyl (C=O) groups excluding carboxylic acids is 1. The maximum atomic E-state index is 12.2. The zero-order valence-electron chi connectivity index (χ0n) is 10.4. The minimum Gasteiger partial charge on any atom is -0.459 e. The molecular formula is C13H13NO2S3. The van der Waals surface area contributed by atoms with Gasteiger partial charge in [-0.2, -0.15) is 0 Å². The van der Waals surface area contributed by atoms with E-state index in [1.807, 2.05) is 6.92 Å². The van der Waals surface area contributed by atoms with Crippen LogP contribution in [0.1, 0.15) is 25.6 Å². The van der Waals surface area contributed by atoms with Gasteiger partial charge in [0, 0.05) is 11.1 Å². The van der Waals surface area contributed by atoms with Crippen LogP contribution in [0.3, 0.4) is 0 Å². The largest absolute Gasteiger partial charge is 0.459 e. The molecule has 100 valence electrons. The molecule has 0 radical (unpaired) electrons. The zero-order valence-corrected chi connectivity index (χ0v) is 12.9. The van der Waals surface area contributed by atoms with E-state index in [0.29, 0.717) is 6.61 Å². The van der Waals surface area contributed by atoms with Crippen molar-refractivity contribution in [3.05, 3.63) is 38.0 Å². The molecule has 1 atom stereocenters. The summed E-state index contributed by atoms with van der Waals surface area (Å²) in [6, 6.07) is 2.05. The molecule has 1 aliphatic rings. The summed E-state index contributed by atoms with van der Waals surface area (Å²) in [5.41, 5.74) is 1.15. The van der Waals surface area contributed by atoms with Crippen molar-refractivity contribution >= 4 is 40.4 Å². The van der Waals surface area contributed by atoms with E-state index in [1.54, 1.807) is 40.6 Å². The molecule has 0 N–H and O–H groups in total. The maximum Gasteiger partial charge on any atom is 0.324 e. The fraction of sp³-hybridized carbons (Fsp3) is 0.385. The van der Waals surface area contributed by atoms with Crippen LogP contribution in [-0.4, -0.2) is 16.7 Å². The van der Waals surface area contributed by atoms with Crippen molar-refractivity contribution in [1.82, 2.24) is 4.98 Å². The van der Waals surface area contributed by atoms with Crippen molar-refractivity contribution in [3.63, 3.8) is 0 Å². The number of rotatable bonds is 3. The third-order valence-corrected chi connectivity index (χ3v) is 6.02. The Bertz CT molecular complexity index is 590. The van der Waals surface area contributed by atoms with Gasteiger partial charge < -0.3 is 4.74 Å². The molecule has 3 heterocycles. The van der Waals surface area contributed by atoms with E-state index in [-0.39, 0.29) is 11.2 Å². The number of hydrogen-bond acceptors (Lipinski definition) is 6. The summed E-state index contributed by atoms with van der Waals surface area (Å²) in [7, 11) is 0. The first-order valence-corrected chi connectivity index (χ1v) is 8.74. The van der Waals surface area contributed by atoms with E-state index in [2.05, 4.69) is 16.4 Å². The molecule has 6 heteroatoms. The number of thiazole rings is 1. The molecule has 19 heavy (non-hydrogen) atoms. The number of ether oxygens (including phenoxy) is 1. The maximum absolute atomic E-state index is 12.2. The number of aryl methyl sites for hydroxylation is 2. The van der Waals surface area contributed by atoms with Gasteiger partial charge in [-0.15, -0.1) is 34.4 Å². The SMILES string of the molecule is Cc1ncc(COC(=O)[C@H]2SCCc3sccc32)s1. The lowest BCUT2D eigenvalue weighted by Crippen LogP contribution is -2.17. The van der Waals surface area contributed by atoms with Gasteiger partial charge in [-0.25, -0.2) is 4.98 Å². The van der Waals surface area contributed by atoms with Crippen LogP contribution in [0.4, 0.5) is 0 Å². The molecule has 0 bridgehead atoms. The second-order valence-electron chi connectivity index (χ2n) is 4.25. The number of thiophene rings is 1. The van der Waals surface area contributed by atoms with Crippen molar-refractivity contribution in [3.8, 4) is 0 Å². The second kappa shape index (κ2) is 5.64. The van der Waals surface area contributed by atoms with E-state index in [4.69, 9.17) is 4.74 Å². The minimum absolute atomic E-state index is 0.129. The zero-order chi connectivity index (χ0) is 13.2. The predicted molar refractivity (Wildman–Crippen MR) is 79.9 cm³/mol. The van der Waals surface area contributed by atoms with Crippen LogP contribution in [0.5, 0.6) is 0 Å². The van der Waals surface area contributed by atoms with Crippen molar-refractivity contribution in [1.29, 1.82) is 0 Å². The molecule has 3 nitrogen and oxygen atoms in total. The molecule has 0 saturated carbocycles. The second-order valence-corrected chi connectivity index (χ2v) is 7.79. The van der Waals surface area contributed by atoms with Crippen LogP contribution < -0.4 is 0 Å². The van der Waals surface area contributed by atoms with Gasteiger partial charge in [-0.05, 0) is 36.1 Å². The molecule has 2 aromatic rings. The molecule has 3 rings (SSSR count). The lowest BCUT2D eigenvalue weighted by atomic mass is 10.1. The highest BCUT2D eigenvalue weighted by Crippen LogP contribution is 2.40. The number of aromatic nitrogens is 1. The number of nitrogens with zero attached hydrogens (tertiary/aromatic N) is 1. The third kappa shape index (κ3) is 2.85. The normalized spacial score (nSPS) is 18.1. The summed E-state index contributed by atoms with van der Waals surface area (Å²) in [6.07, 6.45) is 2.84. The Balaban J connectivity index is 1.65. The van der Waals surface area contributed by atoms with Gasteiger partial charge in [-0.3, -0.25) is 4.79 Å². The van der Waals surface area contributed by atoms with Gasteiger partial charge in [-0.1, -0.05) is 0 Å². The third-order valence-electron chi connectivity index (χ3n) is 2.92. The molecule has 0 amide bonds. The first kappa shape index (κ1) is 13.1. The van der Waals surface area contributed by atoms with Gasteiger partial charge in [0.25, 0.3) is 0 Å². The van der Waals surface area contributed by atoms with Crippen molar-refractivity contribution < 1.29 is 9.53 Å². The quantitative estimate of drug-likeness (QED) is 0.812. The van der Waals surface area contributed by atoms with E-state index in [1.165, 1.54) is 4.88 Å². The first-order chi connectivity index (χ1) is 9.24. The Morgan fingerprint density at radius 3 is 3.26 bits per heavy atom. The van der Waals surface area contributed by atoms with Gasteiger partial charge in [0.2, 0.25) is 0 Å². The molecule has 0 saturated heterocycles. The van der Waals surface area contributed by atoms with Crippen LogP contribution in [0.15, 0.2) is 17.6 Å². The summed E-state index contributed by atoms with van der Waals surface area (Å²) in [5, 5.41) is 2.91. The van der Waals surface area contributed by atoms with Crippen LogP contribution in [0.2, 0.25) is 0 Å². The van der Waals surface area contributed by atoms with E-state index >= 15 is 0 Å². The Morgan fingerprint density at radius 2 is 2.47 bits per heavy atom. The number of hydrogen-bond donors (Lipinski definition) is 0. The molecule has 1 aliphatic heterocycles. The minimum atomic E-state index is -0.149. The number of esters is 1. The first-order valence-electron chi connectivity index (χ1n) is 6.00. The van der Waals surface area contributed by atoms with Gasteiger partial charge >= 0.3 is 5.97 Å². The molecule has 0 aromatic carbocycles. The van der Waals surface area contributed by atoms with E-state index in [0.717, 1.165) is 27.6 Å². The predicted octanol–water partition coefficient (Wildman–Crippen LogP) is 3.59. The average Bonchev–Trinajstić information content (AvgIpc) is 3.03. The standard InChI is InChI=1S/C13H13NO2S3/c1-8-14-6-9(19-8)7-16-13(15)12-10-2-4-17-11(10)3-5-18-12/h2,4,6,12H,3,5,7H2,1H3/t12-/m0/s1. The summed E-state index contributed by atoms with van der Waals surface area (Å²) < 4.78 is 5.42. The highest BCUT2D eigenvalue weighted by Gasteiger charge is 2.29. The molecule has 2 aromatic heterocycles. The summed E-state index contributed by atoms with van der Waals surface area (Å²) in [6.45, 7) is 2.28. The Kier molecular flexibility index (Phi) is 3.91. The monoisotopic (exact) mass is 311 g/mol. The van der Waals surface area contributed by atoms with Crippen molar-refractivity contribution in [2.75, 3.05) is 5.75 Å². The van der Waals surface area contributed by atoms with Crippen LogP contribution in [0, 0.1) is 6.92 Å². The van der Waals surface area contributed by atoms with Crippen molar-refractivity contribution in [2.24, 2.45) is 0 Å². The summed E-state index contributed by atoms with van der Waals surface area (Å²) >= 11 is 4.98. The average molecular weight is 311 g/mol.